The van der Waals surface area contributed by atoms with Crippen molar-refractivity contribution in [2.75, 3.05) is 29.8 Å². The molecule has 2 spiro atoms. The van der Waals surface area contributed by atoms with Gasteiger partial charge in [0, 0.05) is 106 Å². The molecule has 20 aromatic carbocycles. The Morgan fingerprint density at radius 1 is 0.144 bits per heavy atom. The molecular weight excluding hydrogens is 1730 g/mol. The quantitative estimate of drug-likeness (QED) is 0.0977. The molecule has 4 aliphatic rings. The molecule has 0 amide bonds. The van der Waals surface area contributed by atoms with E-state index >= 15 is 0 Å². The Labute approximate surface area is 791 Å². The van der Waals surface area contributed by atoms with Crippen LogP contribution >= 0.6 is 31.9 Å². The molecule has 0 bridgehead atoms. The fourth-order valence-corrected chi connectivity index (χ4v) is 20.9. The van der Waals surface area contributed by atoms with Crippen LogP contribution in [-0.2, 0) is 10.8 Å². The molecule has 0 heterocycles. The summed E-state index contributed by atoms with van der Waals surface area (Å²) in [6.45, 7) is 0. The van der Waals surface area contributed by atoms with Crippen molar-refractivity contribution in [1.82, 2.24) is 0 Å². The maximum Gasteiger partial charge on any atom is 0.0727 e. The largest absolute Gasteiger partial charge is 0.356 e. The fraction of sp³-hybridized carbons (Fsp3) is 0.0323. The van der Waals surface area contributed by atoms with Gasteiger partial charge < -0.3 is 29.8 Å². The van der Waals surface area contributed by atoms with Gasteiger partial charge in [-0.05, 0) is 320 Å². The van der Waals surface area contributed by atoms with Crippen molar-refractivity contribution >= 4 is 129 Å². The van der Waals surface area contributed by atoms with Crippen LogP contribution in [0.3, 0.4) is 0 Å². The van der Waals surface area contributed by atoms with Crippen LogP contribution in [0.15, 0.2) is 525 Å². The molecule has 0 unspecified atom stereocenters. The van der Waals surface area contributed by atoms with Crippen LogP contribution in [0.25, 0.3) is 44.5 Å². The summed E-state index contributed by atoms with van der Waals surface area (Å²) in [6, 6.07) is 185. The molecular formula is C124H94Br2N6. The third-order valence-corrected chi connectivity index (χ3v) is 26.6. The molecule has 0 saturated heterocycles. The van der Waals surface area contributed by atoms with Crippen molar-refractivity contribution in [3.05, 3.63) is 569 Å². The first-order valence-corrected chi connectivity index (χ1v) is 45.7. The van der Waals surface area contributed by atoms with E-state index in [0.29, 0.717) is 0 Å². The number of hydrogen-bond acceptors (Lipinski definition) is 6. The molecule has 0 radical (unpaired) electrons. The number of benzene rings is 20. The Morgan fingerprint density at radius 3 is 0.561 bits per heavy atom. The van der Waals surface area contributed by atoms with E-state index in [9.17, 15) is 0 Å². The minimum atomic E-state index is -0.611. The number of halogens is 2. The Morgan fingerprint density at radius 2 is 0.311 bits per heavy atom. The van der Waals surface area contributed by atoms with E-state index in [1.54, 1.807) is 0 Å². The van der Waals surface area contributed by atoms with Gasteiger partial charge in [-0.25, -0.2) is 0 Å². The van der Waals surface area contributed by atoms with Gasteiger partial charge in [-0.1, -0.05) is 332 Å². The molecule has 0 saturated carbocycles. The maximum atomic E-state index is 3.73. The molecule has 20 aromatic rings. The van der Waals surface area contributed by atoms with E-state index in [0.717, 1.165) is 106 Å². The lowest BCUT2D eigenvalue weighted by molar-refractivity contribution is 0.792. The zero-order valence-electron chi connectivity index (χ0n) is 71.1. The molecule has 24 rings (SSSR count). The summed E-state index contributed by atoms with van der Waals surface area (Å²) < 4.78 is 2.24. The Balaban J connectivity index is 0.000000159. The number of rotatable bonds is 17. The summed E-state index contributed by atoms with van der Waals surface area (Å²) in [6.07, 6.45) is 0. The second-order valence-corrected chi connectivity index (χ2v) is 34.8. The molecule has 0 aliphatic heterocycles. The lowest BCUT2D eigenvalue weighted by Gasteiger charge is -2.33. The lowest BCUT2D eigenvalue weighted by Crippen LogP contribution is -2.26. The zero-order chi connectivity index (χ0) is 86.9. The normalized spacial score (nSPS) is 12.2. The first-order chi connectivity index (χ1) is 64.3. The van der Waals surface area contributed by atoms with Crippen LogP contribution < -0.4 is 29.8 Å². The third-order valence-electron chi connectivity index (χ3n) is 25.6. The first kappa shape index (κ1) is 84.3. The van der Waals surface area contributed by atoms with E-state index in [-0.39, 0.29) is 20.3 Å². The van der Waals surface area contributed by atoms with Gasteiger partial charge in [0.2, 0.25) is 0 Å². The van der Waals surface area contributed by atoms with E-state index in [1.165, 1.54) is 89.0 Å². The number of hydrogen-bond donors (Lipinski definition) is 1. The van der Waals surface area contributed by atoms with E-state index < -0.39 is 5.41 Å². The highest BCUT2D eigenvalue weighted by Gasteiger charge is 2.54. The topological polar surface area (TPSA) is 28.2 Å². The van der Waals surface area contributed by atoms with Crippen LogP contribution in [0.5, 0.6) is 0 Å². The summed E-state index contributed by atoms with van der Waals surface area (Å²) in [5, 5.41) is 3.43. The summed E-state index contributed by atoms with van der Waals surface area (Å²) in [4.78, 5) is 11.7. The second kappa shape index (κ2) is 36.7. The predicted molar refractivity (Wildman–Crippen MR) is 564 cm³/mol. The highest BCUT2D eigenvalue weighted by molar-refractivity contribution is 9.10. The van der Waals surface area contributed by atoms with E-state index in [1.807, 2.05) is 30.3 Å². The van der Waals surface area contributed by atoms with Crippen molar-refractivity contribution in [1.29, 1.82) is 0 Å². The number of nitrogens with one attached hydrogen (secondary N) is 1. The van der Waals surface area contributed by atoms with Crippen LogP contribution in [0.2, 0.25) is 0 Å². The molecule has 8 heteroatoms. The Bertz CT molecular complexity index is 6960. The molecule has 634 valence electrons. The zero-order valence-corrected chi connectivity index (χ0v) is 74.2. The molecule has 132 heavy (non-hydrogen) atoms. The molecule has 1 N–H and O–H groups in total. The number of anilines is 17. The first-order valence-electron chi connectivity index (χ1n) is 44.2. The van der Waals surface area contributed by atoms with E-state index in [2.05, 4.69) is 547 Å². The van der Waals surface area contributed by atoms with Crippen LogP contribution in [0, 0.1) is 0 Å². The monoisotopic (exact) mass is 1820 g/mol. The van der Waals surface area contributed by atoms with Gasteiger partial charge in [0.15, 0.2) is 0 Å². The number of nitrogens with zero attached hydrogens (tertiary/aromatic N) is 5. The van der Waals surface area contributed by atoms with E-state index in [4.69, 9.17) is 0 Å². The summed E-state index contributed by atoms with van der Waals surface area (Å²) >= 11 is 7.45. The van der Waals surface area contributed by atoms with Crippen molar-refractivity contribution in [3.8, 4) is 44.5 Å². The van der Waals surface area contributed by atoms with Crippen molar-refractivity contribution in [3.63, 3.8) is 0 Å². The van der Waals surface area contributed by atoms with Crippen molar-refractivity contribution in [2.45, 2.75) is 25.7 Å². The minimum Gasteiger partial charge on any atom is -0.356 e. The van der Waals surface area contributed by atoms with Gasteiger partial charge in [0.05, 0.1) is 10.8 Å². The fourth-order valence-electron chi connectivity index (χ4n) is 20.2. The van der Waals surface area contributed by atoms with Crippen LogP contribution in [-0.4, -0.2) is 0 Å². The molecule has 0 aromatic heterocycles. The van der Waals surface area contributed by atoms with Gasteiger partial charge in [-0.2, -0.15) is 0 Å². The van der Waals surface area contributed by atoms with Crippen LogP contribution in [0.4, 0.5) is 96.7 Å². The van der Waals surface area contributed by atoms with Crippen LogP contribution in [0.1, 0.15) is 59.4 Å². The van der Waals surface area contributed by atoms with Gasteiger partial charge in [-0.3, -0.25) is 0 Å². The summed E-state index contributed by atoms with van der Waals surface area (Å²) in [7, 11) is 0. The molecule has 0 atom stereocenters. The molecule has 0 fully saturated rings. The lowest BCUT2D eigenvalue weighted by atomic mass is 9.70. The van der Waals surface area contributed by atoms with Crippen molar-refractivity contribution < 1.29 is 0 Å². The van der Waals surface area contributed by atoms with Gasteiger partial charge in [-0.15, -0.1) is 0 Å². The Hall–Kier alpha value is -15.8. The standard InChI is InChI=1S/C73H52N4.C25H14Br2.C24H20N2.2CH4/c1-7-23-53(24-8-1)74(54-25-9-2-10-26-54)59-39-43-61(44-40-59)76(57-31-15-5-16-32-57)63-47-49-67-68-50-48-64(52-72(68)73(71(67)51-63)69-37-21-19-35-65(69)66-36-20-22-38-70(66)73)77(58-33-17-6-18-34-58)62-45-41-60(42-46-62)75(55-27-11-3-12-28-55)56-29-13-4-14-30-56;26-15-9-11-19-20-12-10-16(27)14-24(20)25(23(19)13-15)21-7-3-1-5-17(21)18-6-2-4-8-22(18)25;1-4-10-20(11-5-1)25-21-16-18-24(19-17-21)26(22-12-6-2-7-13-22)23-14-8-3-9-15-23;;/h1-52H;1-14H;1-19,25H;2*1H4. The summed E-state index contributed by atoms with van der Waals surface area (Å²) in [5.41, 5.74) is 38.7. The highest BCUT2D eigenvalue weighted by Crippen LogP contribution is 2.66. The van der Waals surface area contributed by atoms with Gasteiger partial charge in [0.25, 0.3) is 0 Å². The average molecular weight is 1830 g/mol. The third kappa shape index (κ3) is 15.2. The number of para-hydroxylation sites is 9. The highest BCUT2D eigenvalue weighted by atomic mass is 79.9. The van der Waals surface area contributed by atoms with Gasteiger partial charge >= 0.3 is 0 Å². The maximum absolute atomic E-state index is 3.73. The smallest absolute Gasteiger partial charge is 0.0727 e. The minimum absolute atomic E-state index is 0. The molecule has 6 nitrogen and oxygen atoms in total. The number of fused-ring (bicyclic) bond motifs is 20. The predicted octanol–water partition coefficient (Wildman–Crippen LogP) is 35.6. The molecule has 4 aliphatic carbocycles. The second-order valence-electron chi connectivity index (χ2n) is 33.0. The summed E-state index contributed by atoms with van der Waals surface area (Å²) in [5.74, 6) is 0. The van der Waals surface area contributed by atoms with Gasteiger partial charge in [0.1, 0.15) is 0 Å². The average Bonchev–Trinajstić information content (AvgIpc) is 1.51. The van der Waals surface area contributed by atoms with Crippen molar-refractivity contribution in [2.24, 2.45) is 0 Å². The Kier molecular flexibility index (Phi) is 23.5. The SMILES string of the molecule is Brc1ccc2c(c1)C1(c3ccccc3-c3ccccc31)c1cc(Br)ccc1-2.C.C.c1ccc(N(c2ccccc2)c2ccc(N(c3ccccc3)c3ccc4c(c3)C3(c5ccccc5-c5ccccc53)c3cc(N(c5ccccc5)c5ccc(N(c6ccccc6)c6ccccc6)cc5)ccc3-4)cc2)cc1.c1ccc(Nc2ccc(N(c3ccccc3)c3ccccc3)cc2)cc1.